The lowest BCUT2D eigenvalue weighted by Gasteiger charge is -2.18. The van der Waals surface area contributed by atoms with Crippen LogP contribution in [0.3, 0.4) is 0 Å². The van der Waals surface area contributed by atoms with Gasteiger partial charge in [-0.05, 0) is 13.5 Å². The topological polar surface area (TPSA) is 105 Å². The molecule has 0 aromatic carbocycles. The number of carbonyl (C=O) groups is 1. The van der Waals surface area contributed by atoms with E-state index in [9.17, 15) is 4.79 Å². The van der Waals surface area contributed by atoms with Crippen LogP contribution in [0.5, 0.6) is 0 Å². The predicted octanol–water partition coefficient (Wildman–Crippen LogP) is -0.424. The van der Waals surface area contributed by atoms with Gasteiger partial charge in [-0.25, -0.2) is 0 Å². The van der Waals surface area contributed by atoms with Gasteiger partial charge in [0.25, 0.3) is 0 Å². The van der Waals surface area contributed by atoms with Crippen molar-refractivity contribution in [1.29, 1.82) is 0 Å². The summed E-state index contributed by atoms with van der Waals surface area (Å²) in [4.78, 5) is 16.7. The summed E-state index contributed by atoms with van der Waals surface area (Å²) in [6.45, 7) is 1.58. The van der Waals surface area contributed by atoms with E-state index < -0.39 is 11.5 Å². The molecule has 1 aromatic heterocycles. The van der Waals surface area contributed by atoms with Gasteiger partial charge in [-0.3, -0.25) is 4.79 Å². The van der Waals surface area contributed by atoms with Crippen LogP contribution in [0, 0.1) is 0 Å². The molecule has 1 unspecified atom stereocenters. The summed E-state index contributed by atoms with van der Waals surface area (Å²) >= 11 is 0. The van der Waals surface area contributed by atoms with E-state index in [0.29, 0.717) is 18.3 Å². The first-order valence-electron chi connectivity index (χ1n) is 5.52. The molecule has 0 saturated carbocycles. The molecule has 0 bridgehead atoms. The number of carboxylic acid groups (broad SMARTS) is 1. The average molecular weight is 240 g/mol. The Morgan fingerprint density at radius 1 is 1.71 bits per heavy atom. The van der Waals surface area contributed by atoms with Gasteiger partial charge in [-0.2, -0.15) is 4.98 Å². The minimum atomic E-state index is -0.882. The zero-order chi connectivity index (χ0) is 12.5. The number of aliphatic carboxylic acids is 1. The fourth-order valence-electron chi connectivity index (χ4n) is 1.99. The largest absolute Gasteiger partial charge is 0.481 e. The van der Waals surface area contributed by atoms with E-state index in [1.54, 1.807) is 0 Å². The molecule has 1 aliphatic rings. The van der Waals surface area contributed by atoms with E-state index in [1.165, 1.54) is 0 Å². The van der Waals surface area contributed by atoms with Gasteiger partial charge < -0.3 is 20.3 Å². The number of likely N-dealkylation sites (tertiary alicyclic amines) is 1. The fourth-order valence-corrected chi connectivity index (χ4v) is 1.99. The van der Waals surface area contributed by atoms with Crippen LogP contribution in [0.25, 0.3) is 0 Å². The zero-order valence-electron chi connectivity index (χ0n) is 9.72. The van der Waals surface area contributed by atoms with E-state index in [4.69, 9.17) is 15.4 Å². The van der Waals surface area contributed by atoms with Crippen molar-refractivity contribution in [1.82, 2.24) is 15.0 Å². The van der Waals surface area contributed by atoms with Crippen molar-refractivity contribution in [2.24, 2.45) is 5.73 Å². The summed E-state index contributed by atoms with van der Waals surface area (Å²) in [7, 11) is 1.99. The van der Waals surface area contributed by atoms with Gasteiger partial charge in [-0.15, -0.1) is 0 Å². The summed E-state index contributed by atoms with van der Waals surface area (Å²) in [6, 6.07) is 0. The normalized spacial score (nSPS) is 25.3. The van der Waals surface area contributed by atoms with Crippen LogP contribution in [-0.4, -0.2) is 46.3 Å². The summed E-state index contributed by atoms with van der Waals surface area (Å²) in [5.41, 5.74) is 5.63. The van der Waals surface area contributed by atoms with Gasteiger partial charge >= 0.3 is 5.97 Å². The smallest absolute Gasteiger partial charge is 0.303 e. The van der Waals surface area contributed by atoms with Crippen molar-refractivity contribution in [3.8, 4) is 0 Å². The van der Waals surface area contributed by atoms with Crippen LogP contribution < -0.4 is 5.73 Å². The molecule has 1 saturated heterocycles. The van der Waals surface area contributed by atoms with Crippen LogP contribution in [0.1, 0.15) is 24.6 Å². The molecule has 0 spiro atoms. The Kier molecular flexibility index (Phi) is 3.12. The molecule has 1 aliphatic heterocycles. The minimum absolute atomic E-state index is 0.0148. The van der Waals surface area contributed by atoms with Crippen LogP contribution in [0.4, 0.5) is 0 Å². The van der Waals surface area contributed by atoms with E-state index >= 15 is 0 Å². The first-order valence-corrected chi connectivity index (χ1v) is 5.52. The molecule has 17 heavy (non-hydrogen) atoms. The molecule has 1 atom stereocenters. The second-order valence-corrected chi connectivity index (χ2v) is 4.55. The Hall–Kier alpha value is -1.47. The van der Waals surface area contributed by atoms with Gasteiger partial charge in [0, 0.05) is 19.5 Å². The highest BCUT2D eigenvalue weighted by Gasteiger charge is 2.38. The molecule has 1 fully saturated rings. The average Bonchev–Trinajstić information content (AvgIpc) is 2.83. The molecule has 3 N–H and O–H groups in total. The van der Waals surface area contributed by atoms with Crippen molar-refractivity contribution in [2.45, 2.75) is 24.8 Å². The zero-order valence-corrected chi connectivity index (χ0v) is 9.72. The van der Waals surface area contributed by atoms with Crippen LogP contribution in [0.15, 0.2) is 4.52 Å². The monoisotopic (exact) mass is 240 g/mol. The van der Waals surface area contributed by atoms with Crippen molar-refractivity contribution in [3.05, 3.63) is 11.7 Å². The first kappa shape index (κ1) is 12.0. The highest BCUT2D eigenvalue weighted by Crippen LogP contribution is 2.26. The van der Waals surface area contributed by atoms with Gasteiger partial charge in [0.15, 0.2) is 5.82 Å². The molecule has 7 nitrogen and oxygen atoms in total. The lowest BCUT2D eigenvalue weighted by molar-refractivity contribution is -0.137. The molecule has 1 aromatic rings. The number of carboxylic acids is 1. The third-order valence-corrected chi connectivity index (χ3v) is 2.96. The van der Waals surface area contributed by atoms with Crippen LogP contribution in [0.2, 0.25) is 0 Å². The second-order valence-electron chi connectivity index (χ2n) is 4.55. The molecule has 7 heteroatoms. The Bertz CT molecular complexity index is 419. The van der Waals surface area contributed by atoms with Gasteiger partial charge in [0.05, 0.1) is 12.0 Å². The molecule has 0 radical (unpaired) electrons. The summed E-state index contributed by atoms with van der Waals surface area (Å²) in [6.07, 6.45) is 1.01. The Labute approximate surface area is 98.6 Å². The van der Waals surface area contributed by atoms with Crippen molar-refractivity contribution >= 4 is 5.97 Å². The second kappa shape index (κ2) is 4.42. The van der Waals surface area contributed by atoms with Crippen molar-refractivity contribution in [2.75, 3.05) is 20.1 Å². The molecule has 94 valence electrons. The van der Waals surface area contributed by atoms with E-state index in [-0.39, 0.29) is 12.8 Å². The molecule has 0 aliphatic carbocycles. The maximum atomic E-state index is 10.4. The van der Waals surface area contributed by atoms with Gasteiger partial charge in [-0.1, -0.05) is 5.16 Å². The summed E-state index contributed by atoms with van der Waals surface area (Å²) < 4.78 is 5.00. The lowest BCUT2D eigenvalue weighted by atomic mass is 10.00. The Morgan fingerprint density at radius 2 is 2.47 bits per heavy atom. The quantitative estimate of drug-likeness (QED) is 0.736. The molecule has 2 heterocycles. The number of aryl methyl sites for hydroxylation is 1. The molecular formula is C10H16N4O3. The summed E-state index contributed by atoms with van der Waals surface area (Å²) in [5.74, 6) is -0.0724. The van der Waals surface area contributed by atoms with Crippen molar-refractivity contribution in [3.63, 3.8) is 0 Å². The van der Waals surface area contributed by atoms with E-state index in [0.717, 1.165) is 13.0 Å². The van der Waals surface area contributed by atoms with E-state index in [2.05, 4.69) is 15.0 Å². The third-order valence-electron chi connectivity index (χ3n) is 2.96. The number of likely N-dealkylation sites (N-methyl/N-ethyl adjacent to an activating group) is 1. The first-order chi connectivity index (χ1) is 7.99. The van der Waals surface area contributed by atoms with Gasteiger partial charge in [0.1, 0.15) is 0 Å². The number of rotatable bonds is 4. The standard InChI is InChI=1S/C10H16N4O3/c1-14-5-4-10(11,6-14)9-12-7(17-13-9)2-3-8(15)16/h2-6,11H2,1H3,(H,15,16). The van der Waals surface area contributed by atoms with E-state index in [1.807, 2.05) is 7.05 Å². The third kappa shape index (κ3) is 2.62. The number of aromatic nitrogens is 2. The number of nitrogens with two attached hydrogens (primary N) is 1. The molecule has 0 amide bonds. The Morgan fingerprint density at radius 3 is 3.06 bits per heavy atom. The molecule has 2 rings (SSSR count). The highest BCUT2D eigenvalue weighted by atomic mass is 16.5. The number of nitrogens with zero attached hydrogens (tertiary/aromatic N) is 3. The minimum Gasteiger partial charge on any atom is -0.481 e. The van der Waals surface area contributed by atoms with Crippen LogP contribution in [-0.2, 0) is 16.8 Å². The summed E-state index contributed by atoms with van der Waals surface area (Å²) in [5, 5.41) is 12.4. The SMILES string of the molecule is CN1CCC(N)(c2noc(CCC(=O)O)n2)C1. The lowest BCUT2D eigenvalue weighted by Crippen LogP contribution is -2.40. The maximum Gasteiger partial charge on any atom is 0.303 e. The van der Waals surface area contributed by atoms with Gasteiger partial charge in [0.2, 0.25) is 5.89 Å². The predicted molar refractivity (Wildman–Crippen MR) is 58.2 cm³/mol. The fraction of sp³-hybridized carbons (Fsp3) is 0.700. The maximum absolute atomic E-state index is 10.4. The molecular weight excluding hydrogens is 224 g/mol. The highest BCUT2D eigenvalue weighted by molar-refractivity contribution is 5.66. The van der Waals surface area contributed by atoms with Crippen LogP contribution >= 0.6 is 0 Å². The number of hydrogen-bond acceptors (Lipinski definition) is 6. The van der Waals surface area contributed by atoms with Crippen molar-refractivity contribution < 1.29 is 14.4 Å². The number of hydrogen-bond donors (Lipinski definition) is 2. The Balaban J connectivity index is 2.05.